The zero-order valence-electron chi connectivity index (χ0n) is 10.4. The second-order valence-corrected chi connectivity index (χ2v) is 4.70. The third kappa shape index (κ3) is 2.41. The lowest BCUT2D eigenvalue weighted by molar-refractivity contribution is -0.0601. The summed E-state index contributed by atoms with van der Waals surface area (Å²) in [7, 11) is 1.71. The summed E-state index contributed by atoms with van der Waals surface area (Å²) in [6, 6.07) is 4.94. The Morgan fingerprint density at radius 3 is 2.78 bits per heavy atom. The number of carboxylic acids is 1. The molecule has 0 aliphatic heterocycles. The van der Waals surface area contributed by atoms with E-state index >= 15 is 0 Å². The van der Waals surface area contributed by atoms with Crippen LogP contribution in [0.4, 0.5) is 11.4 Å². The van der Waals surface area contributed by atoms with Gasteiger partial charge in [0.2, 0.25) is 0 Å². The molecule has 5 nitrogen and oxygen atoms in total. The van der Waals surface area contributed by atoms with Gasteiger partial charge in [-0.1, -0.05) is 0 Å². The zero-order valence-corrected chi connectivity index (χ0v) is 10.4. The van der Waals surface area contributed by atoms with Crippen molar-refractivity contribution in [3.63, 3.8) is 0 Å². The molecular formula is C13H18N2O3. The number of nitrogens with two attached hydrogens (primary N) is 1. The number of hydrogen-bond acceptors (Lipinski definition) is 4. The minimum absolute atomic E-state index is 0.0925. The summed E-state index contributed by atoms with van der Waals surface area (Å²) in [4.78, 5) is 11.0. The second kappa shape index (κ2) is 4.86. The Hall–Kier alpha value is -1.75. The van der Waals surface area contributed by atoms with E-state index in [-0.39, 0.29) is 16.9 Å². The van der Waals surface area contributed by atoms with Gasteiger partial charge in [0.15, 0.2) is 0 Å². The molecule has 1 aromatic rings. The Morgan fingerprint density at radius 1 is 1.56 bits per heavy atom. The Balaban J connectivity index is 2.06. The molecule has 0 saturated heterocycles. The van der Waals surface area contributed by atoms with Crippen LogP contribution in [0.3, 0.4) is 0 Å². The Kier molecular flexibility index (Phi) is 3.43. The number of ether oxygens (including phenoxy) is 1. The van der Waals surface area contributed by atoms with Gasteiger partial charge in [0, 0.05) is 25.0 Å². The largest absolute Gasteiger partial charge is 0.478 e. The minimum atomic E-state index is -1.01. The summed E-state index contributed by atoms with van der Waals surface area (Å²) < 4.78 is 5.49. The van der Waals surface area contributed by atoms with Crippen LogP contribution in [-0.2, 0) is 4.74 Å². The van der Waals surface area contributed by atoms with Crippen molar-refractivity contribution in [3.05, 3.63) is 23.8 Å². The highest BCUT2D eigenvalue weighted by atomic mass is 16.5. The van der Waals surface area contributed by atoms with Crippen LogP contribution in [0.15, 0.2) is 18.2 Å². The summed E-state index contributed by atoms with van der Waals surface area (Å²) in [6.45, 7) is 0.687. The molecule has 0 heterocycles. The van der Waals surface area contributed by atoms with E-state index < -0.39 is 5.97 Å². The number of hydrogen-bond donors (Lipinski definition) is 3. The van der Waals surface area contributed by atoms with Crippen LogP contribution in [0.2, 0.25) is 0 Å². The predicted molar refractivity (Wildman–Crippen MR) is 69.9 cm³/mol. The summed E-state index contributed by atoms with van der Waals surface area (Å²) in [5, 5.41) is 12.2. The molecule has 0 aromatic heterocycles. The molecule has 0 atom stereocenters. The number of methoxy groups -OCH3 is 1. The number of aromatic carboxylic acids is 1. The third-order valence-corrected chi connectivity index (χ3v) is 3.60. The molecule has 2 rings (SSSR count). The van der Waals surface area contributed by atoms with Gasteiger partial charge in [0.25, 0.3) is 0 Å². The van der Waals surface area contributed by atoms with E-state index in [1.807, 2.05) is 0 Å². The molecule has 1 aromatic carbocycles. The highest BCUT2D eigenvalue weighted by molar-refractivity contribution is 5.94. The van der Waals surface area contributed by atoms with Crippen LogP contribution in [0.1, 0.15) is 29.6 Å². The number of rotatable bonds is 5. The number of nitrogen functional groups attached to an aromatic ring is 1. The zero-order chi connectivity index (χ0) is 13.2. The van der Waals surface area contributed by atoms with E-state index in [9.17, 15) is 4.79 Å². The number of nitrogens with one attached hydrogen (secondary N) is 1. The standard InChI is InChI=1S/C13H18N2O3/c1-18-13(5-2-6-13)8-15-9-3-4-11(14)10(7-9)12(16)17/h3-4,7,15H,2,5-6,8,14H2,1H3,(H,16,17). The molecule has 0 radical (unpaired) electrons. The van der Waals surface area contributed by atoms with Gasteiger partial charge in [-0.05, 0) is 37.5 Å². The minimum Gasteiger partial charge on any atom is -0.478 e. The molecule has 98 valence electrons. The topological polar surface area (TPSA) is 84.6 Å². The molecule has 18 heavy (non-hydrogen) atoms. The Morgan fingerprint density at radius 2 is 2.28 bits per heavy atom. The lowest BCUT2D eigenvalue weighted by atomic mass is 9.80. The van der Waals surface area contributed by atoms with Gasteiger partial charge >= 0.3 is 5.97 Å². The first-order chi connectivity index (χ1) is 8.56. The highest BCUT2D eigenvalue weighted by Gasteiger charge is 2.36. The molecule has 0 amide bonds. The van der Waals surface area contributed by atoms with Crippen molar-refractivity contribution in [2.24, 2.45) is 0 Å². The van der Waals surface area contributed by atoms with Gasteiger partial charge in [-0.3, -0.25) is 0 Å². The van der Waals surface area contributed by atoms with E-state index in [1.54, 1.807) is 25.3 Å². The van der Waals surface area contributed by atoms with Crippen LogP contribution in [-0.4, -0.2) is 30.3 Å². The first-order valence-corrected chi connectivity index (χ1v) is 5.98. The lowest BCUT2D eigenvalue weighted by Gasteiger charge is -2.40. The SMILES string of the molecule is COC1(CNc2ccc(N)c(C(=O)O)c2)CCC1. The van der Waals surface area contributed by atoms with Crippen molar-refractivity contribution in [3.8, 4) is 0 Å². The normalized spacial score (nSPS) is 16.9. The van der Waals surface area contributed by atoms with Gasteiger partial charge in [0.05, 0.1) is 11.2 Å². The van der Waals surface area contributed by atoms with Crippen LogP contribution < -0.4 is 11.1 Å². The van der Waals surface area contributed by atoms with Gasteiger partial charge < -0.3 is 20.9 Å². The van der Waals surface area contributed by atoms with E-state index in [2.05, 4.69) is 5.32 Å². The predicted octanol–water partition coefficient (Wildman–Crippen LogP) is 1.95. The van der Waals surface area contributed by atoms with Crippen molar-refractivity contribution in [2.45, 2.75) is 24.9 Å². The van der Waals surface area contributed by atoms with Gasteiger partial charge in [-0.25, -0.2) is 4.79 Å². The van der Waals surface area contributed by atoms with E-state index in [0.717, 1.165) is 18.5 Å². The quantitative estimate of drug-likeness (QED) is 0.695. The molecule has 1 aliphatic rings. The van der Waals surface area contributed by atoms with Crippen molar-refractivity contribution in [1.29, 1.82) is 0 Å². The number of anilines is 2. The van der Waals surface area contributed by atoms with Crippen molar-refractivity contribution in [1.82, 2.24) is 0 Å². The molecule has 0 spiro atoms. The third-order valence-electron chi connectivity index (χ3n) is 3.60. The maximum atomic E-state index is 11.0. The molecule has 5 heteroatoms. The Labute approximate surface area is 106 Å². The van der Waals surface area contributed by atoms with Gasteiger partial charge in [-0.2, -0.15) is 0 Å². The van der Waals surface area contributed by atoms with Crippen LogP contribution in [0.5, 0.6) is 0 Å². The fraction of sp³-hybridized carbons (Fsp3) is 0.462. The van der Waals surface area contributed by atoms with E-state index in [1.165, 1.54) is 6.42 Å². The van der Waals surface area contributed by atoms with Crippen LogP contribution >= 0.6 is 0 Å². The Bertz CT molecular complexity index is 450. The summed E-state index contributed by atoms with van der Waals surface area (Å²) in [6.07, 6.45) is 3.26. The number of carbonyl (C=O) groups is 1. The molecule has 1 aliphatic carbocycles. The summed E-state index contributed by atoms with van der Waals surface area (Å²) >= 11 is 0. The van der Waals surface area contributed by atoms with Crippen LogP contribution in [0, 0.1) is 0 Å². The van der Waals surface area contributed by atoms with E-state index in [0.29, 0.717) is 6.54 Å². The molecule has 1 saturated carbocycles. The second-order valence-electron chi connectivity index (χ2n) is 4.70. The average Bonchev–Trinajstić information content (AvgIpc) is 2.30. The number of benzene rings is 1. The average molecular weight is 250 g/mol. The van der Waals surface area contributed by atoms with E-state index in [4.69, 9.17) is 15.6 Å². The summed E-state index contributed by atoms with van der Waals surface area (Å²) in [5.41, 5.74) is 6.67. The monoisotopic (exact) mass is 250 g/mol. The summed E-state index contributed by atoms with van der Waals surface area (Å²) in [5.74, 6) is -1.01. The lowest BCUT2D eigenvalue weighted by Crippen LogP contribution is -2.45. The van der Waals surface area contributed by atoms with Gasteiger partial charge in [0.1, 0.15) is 0 Å². The smallest absolute Gasteiger partial charge is 0.337 e. The van der Waals surface area contributed by atoms with Gasteiger partial charge in [-0.15, -0.1) is 0 Å². The molecule has 0 unspecified atom stereocenters. The molecule has 4 N–H and O–H groups in total. The van der Waals surface area contributed by atoms with Crippen LogP contribution in [0.25, 0.3) is 0 Å². The first-order valence-electron chi connectivity index (χ1n) is 5.98. The maximum Gasteiger partial charge on any atom is 0.337 e. The number of carboxylic acid groups (broad SMARTS) is 1. The molecule has 1 fully saturated rings. The molecular weight excluding hydrogens is 232 g/mol. The fourth-order valence-corrected chi connectivity index (χ4v) is 2.14. The fourth-order valence-electron chi connectivity index (χ4n) is 2.14. The first kappa shape index (κ1) is 12.7. The van der Waals surface area contributed by atoms with Crippen molar-refractivity contribution < 1.29 is 14.6 Å². The van der Waals surface area contributed by atoms with Crippen molar-refractivity contribution >= 4 is 17.3 Å². The van der Waals surface area contributed by atoms with Crippen molar-refractivity contribution in [2.75, 3.05) is 24.7 Å². The highest BCUT2D eigenvalue weighted by Crippen LogP contribution is 2.35. The molecule has 0 bridgehead atoms. The maximum absolute atomic E-state index is 11.0.